The Hall–Kier alpha value is -1.09. The second-order valence-corrected chi connectivity index (χ2v) is 9.06. The number of aliphatic hydroxyl groups excluding tert-OH is 1. The van der Waals surface area contributed by atoms with E-state index < -0.39 is 0 Å². The minimum atomic E-state index is -0.211. The number of ether oxygens (including phenoxy) is 1. The fraction of sp³-hybridized carbons (Fsp3) is 0.762. The Bertz CT molecular complexity index is 586. The molecule has 2 saturated carbocycles. The SMILES string of the molecule is C=C1CC[C@@H]2C(C)(C)[C@H](O)CC[C@@]2(C)[C@@H]1CCC1=C(C)COC1=O. The number of hydrogen-bond donors (Lipinski definition) is 1. The van der Waals surface area contributed by atoms with Crippen LogP contribution in [-0.2, 0) is 9.53 Å². The first kappa shape index (κ1) is 17.7. The van der Waals surface area contributed by atoms with E-state index in [4.69, 9.17) is 4.74 Å². The molecule has 0 radical (unpaired) electrons. The number of carbonyl (C=O) groups is 1. The summed E-state index contributed by atoms with van der Waals surface area (Å²) >= 11 is 0. The van der Waals surface area contributed by atoms with Gasteiger partial charge in [0.05, 0.1) is 6.10 Å². The molecule has 134 valence electrons. The molecule has 2 aliphatic carbocycles. The van der Waals surface area contributed by atoms with E-state index in [1.165, 1.54) is 5.57 Å². The molecule has 0 saturated heterocycles. The monoisotopic (exact) mass is 332 g/mol. The summed E-state index contributed by atoms with van der Waals surface area (Å²) < 4.78 is 5.15. The molecule has 0 aromatic heterocycles. The molecule has 3 nitrogen and oxygen atoms in total. The van der Waals surface area contributed by atoms with Gasteiger partial charge in [0, 0.05) is 5.57 Å². The minimum absolute atomic E-state index is 0.0482. The van der Waals surface area contributed by atoms with Gasteiger partial charge in [-0.05, 0) is 73.7 Å². The van der Waals surface area contributed by atoms with Gasteiger partial charge in [0.1, 0.15) is 6.61 Å². The third-order valence-corrected chi connectivity index (χ3v) is 7.42. The molecule has 24 heavy (non-hydrogen) atoms. The molecule has 0 unspecified atom stereocenters. The lowest BCUT2D eigenvalue weighted by molar-refractivity contribution is -0.136. The predicted molar refractivity (Wildman–Crippen MR) is 95.4 cm³/mol. The van der Waals surface area contributed by atoms with Crippen molar-refractivity contribution in [2.75, 3.05) is 6.61 Å². The topological polar surface area (TPSA) is 46.5 Å². The van der Waals surface area contributed by atoms with Crippen molar-refractivity contribution in [1.29, 1.82) is 0 Å². The maximum absolute atomic E-state index is 11.9. The average Bonchev–Trinajstić information content (AvgIpc) is 2.82. The molecule has 0 aromatic carbocycles. The second-order valence-electron chi connectivity index (χ2n) is 9.06. The van der Waals surface area contributed by atoms with Gasteiger partial charge in [-0.25, -0.2) is 4.79 Å². The first-order valence-corrected chi connectivity index (χ1v) is 9.39. The van der Waals surface area contributed by atoms with Gasteiger partial charge in [-0.2, -0.15) is 0 Å². The highest BCUT2D eigenvalue weighted by Crippen LogP contribution is 2.61. The number of cyclic esters (lactones) is 1. The maximum Gasteiger partial charge on any atom is 0.334 e. The molecule has 3 heteroatoms. The molecule has 4 atom stereocenters. The van der Waals surface area contributed by atoms with Gasteiger partial charge in [-0.15, -0.1) is 0 Å². The van der Waals surface area contributed by atoms with Crippen molar-refractivity contribution in [1.82, 2.24) is 0 Å². The Kier molecular flexibility index (Phi) is 4.44. The van der Waals surface area contributed by atoms with Crippen LogP contribution in [0.1, 0.15) is 66.2 Å². The van der Waals surface area contributed by atoms with Crippen LogP contribution >= 0.6 is 0 Å². The van der Waals surface area contributed by atoms with Gasteiger partial charge >= 0.3 is 5.97 Å². The van der Waals surface area contributed by atoms with E-state index in [1.54, 1.807) is 0 Å². The van der Waals surface area contributed by atoms with E-state index in [9.17, 15) is 9.90 Å². The summed E-state index contributed by atoms with van der Waals surface area (Å²) in [5.41, 5.74) is 3.43. The number of esters is 1. The van der Waals surface area contributed by atoms with Crippen LogP contribution in [0.15, 0.2) is 23.3 Å². The Morgan fingerprint density at radius 2 is 2.00 bits per heavy atom. The summed E-state index contributed by atoms with van der Waals surface area (Å²) in [6, 6.07) is 0. The maximum atomic E-state index is 11.9. The predicted octanol–water partition coefficient (Wildman–Crippen LogP) is 4.41. The fourth-order valence-electron chi connectivity index (χ4n) is 5.83. The fourth-order valence-corrected chi connectivity index (χ4v) is 5.83. The number of carbonyl (C=O) groups excluding carboxylic acids is 1. The Balaban J connectivity index is 1.82. The summed E-state index contributed by atoms with van der Waals surface area (Å²) in [5, 5.41) is 10.5. The van der Waals surface area contributed by atoms with Gasteiger partial charge in [0.25, 0.3) is 0 Å². The third kappa shape index (κ3) is 2.65. The molecule has 3 rings (SSSR count). The van der Waals surface area contributed by atoms with Crippen molar-refractivity contribution in [3.8, 4) is 0 Å². The summed E-state index contributed by atoms with van der Waals surface area (Å²) in [4.78, 5) is 11.9. The normalized spacial score (nSPS) is 39.0. The highest BCUT2D eigenvalue weighted by atomic mass is 16.5. The van der Waals surface area contributed by atoms with Crippen molar-refractivity contribution in [2.45, 2.75) is 72.3 Å². The van der Waals surface area contributed by atoms with E-state index in [0.717, 1.165) is 49.7 Å². The zero-order valence-electron chi connectivity index (χ0n) is 15.7. The van der Waals surface area contributed by atoms with Crippen LogP contribution in [0, 0.1) is 22.7 Å². The largest absolute Gasteiger partial charge is 0.458 e. The van der Waals surface area contributed by atoms with Crippen molar-refractivity contribution in [3.63, 3.8) is 0 Å². The van der Waals surface area contributed by atoms with Crippen LogP contribution in [0.5, 0.6) is 0 Å². The molecule has 1 N–H and O–H groups in total. The number of allylic oxidation sites excluding steroid dienone is 1. The summed E-state index contributed by atoms with van der Waals surface area (Å²) in [6.45, 7) is 13.7. The van der Waals surface area contributed by atoms with E-state index in [-0.39, 0.29) is 22.9 Å². The van der Waals surface area contributed by atoms with E-state index in [2.05, 4.69) is 27.4 Å². The molecule has 0 bridgehead atoms. The molecule has 2 fully saturated rings. The second kappa shape index (κ2) is 6.01. The first-order valence-electron chi connectivity index (χ1n) is 9.39. The lowest BCUT2D eigenvalue weighted by Crippen LogP contribution is -2.54. The molecular formula is C21H32O3. The Morgan fingerprint density at radius 1 is 1.29 bits per heavy atom. The van der Waals surface area contributed by atoms with Crippen LogP contribution in [0.4, 0.5) is 0 Å². The number of fused-ring (bicyclic) bond motifs is 1. The lowest BCUT2D eigenvalue weighted by Gasteiger charge is -2.59. The summed E-state index contributed by atoms with van der Waals surface area (Å²) in [7, 11) is 0. The van der Waals surface area contributed by atoms with Gasteiger partial charge in [0.15, 0.2) is 0 Å². The standard InChI is InChI=1S/C21H32O3/c1-13-6-9-17-20(3,4)18(22)10-11-21(17,5)16(13)8-7-15-14(2)12-24-19(15)23/h16-18,22H,1,6-12H2,2-5H3/t16-,17-,18-,21+/m1/s1. The quantitative estimate of drug-likeness (QED) is 0.615. The summed E-state index contributed by atoms with van der Waals surface area (Å²) in [6.07, 6.45) is 5.64. The van der Waals surface area contributed by atoms with Crippen molar-refractivity contribution < 1.29 is 14.6 Å². The van der Waals surface area contributed by atoms with Crippen LogP contribution in [0.3, 0.4) is 0 Å². The number of rotatable bonds is 3. The van der Waals surface area contributed by atoms with Gasteiger partial charge in [-0.1, -0.05) is 32.9 Å². The molecule has 0 aromatic rings. The zero-order valence-corrected chi connectivity index (χ0v) is 15.7. The van der Waals surface area contributed by atoms with E-state index in [1.807, 2.05) is 6.92 Å². The van der Waals surface area contributed by atoms with Crippen molar-refractivity contribution >= 4 is 5.97 Å². The van der Waals surface area contributed by atoms with Crippen molar-refractivity contribution in [3.05, 3.63) is 23.3 Å². The zero-order chi connectivity index (χ0) is 17.7. The number of aliphatic hydroxyl groups is 1. The lowest BCUT2D eigenvalue weighted by atomic mass is 9.46. The number of hydrogen-bond acceptors (Lipinski definition) is 3. The molecule has 3 aliphatic rings. The van der Waals surface area contributed by atoms with E-state index >= 15 is 0 Å². The molecule has 0 spiro atoms. The highest BCUT2D eigenvalue weighted by Gasteiger charge is 2.55. The van der Waals surface area contributed by atoms with Gasteiger partial charge in [0.2, 0.25) is 0 Å². The van der Waals surface area contributed by atoms with Gasteiger partial charge < -0.3 is 9.84 Å². The molecular weight excluding hydrogens is 300 g/mol. The summed E-state index contributed by atoms with van der Waals surface area (Å²) in [5.74, 6) is 0.807. The molecule has 0 amide bonds. The molecule has 1 aliphatic heterocycles. The average molecular weight is 332 g/mol. The highest BCUT2D eigenvalue weighted by molar-refractivity contribution is 5.91. The van der Waals surface area contributed by atoms with Crippen LogP contribution in [0.2, 0.25) is 0 Å². The Morgan fingerprint density at radius 3 is 2.62 bits per heavy atom. The Labute approximate surface area is 146 Å². The minimum Gasteiger partial charge on any atom is -0.458 e. The van der Waals surface area contributed by atoms with Crippen molar-refractivity contribution in [2.24, 2.45) is 22.7 Å². The smallest absolute Gasteiger partial charge is 0.334 e. The van der Waals surface area contributed by atoms with Gasteiger partial charge in [-0.3, -0.25) is 0 Å². The van der Waals surface area contributed by atoms with Crippen LogP contribution in [0.25, 0.3) is 0 Å². The van der Waals surface area contributed by atoms with Crippen LogP contribution < -0.4 is 0 Å². The molecule has 1 heterocycles. The first-order chi connectivity index (χ1) is 11.2. The van der Waals surface area contributed by atoms with Crippen LogP contribution in [-0.4, -0.2) is 23.8 Å². The van der Waals surface area contributed by atoms with E-state index in [0.29, 0.717) is 18.4 Å². The third-order valence-electron chi connectivity index (χ3n) is 7.42.